The van der Waals surface area contributed by atoms with Gasteiger partial charge in [0.15, 0.2) is 0 Å². The van der Waals surface area contributed by atoms with Gasteiger partial charge in [-0.2, -0.15) is 0 Å². The maximum Gasteiger partial charge on any atom is 0.404 e. The highest BCUT2D eigenvalue weighted by Gasteiger charge is 2.26. The lowest BCUT2D eigenvalue weighted by molar-refractivity contribution is 0.194. The van der Waals surface area contributed by atoms with Gasteiger partial charge in [-0.3, -0.25) is 4.98 Å². The molecule has 1 amide bonds. The molecule has 0 spiro atoms. The Hall–Kier alpha value is -2.49. The first-order chi connectivity index (χ1) is 12.9. The van der Waals surface area contributed by atoms with Crippen molar-refractivity contribution < 1.29 is 18.3 Å². The van der Waals surface area contributed by atoms with E-state index >= 15 is 0 Å². The van der Waals surface area contributed by atoms with Crippen LogP contribution in [0.3, 0.4) is 0 Å². The molecule has 7 nitrogen and oxygen atoms in total. The van der Waals surface area contributed by atoms with Crippen molar-refractivity contribution in [1.29, 1.82) is 0 Å². The van der Waals surface area contributed by atoms with E-state index in [4.69, 9.17) is 16.7 Å². The van der Waals surface area contributed by atoms with Gasteiger partial charge in [-0.05, 0) is 36.8 Å². The molecule has 0 aliphatic carbocycles. The predicted octanol–water partition coefficient (Wildman–Crippen LogP) is 3.50. The molecule has 0 aliphatic rings. The lowest BCUT2D eigenvalue weighted by Gasteiger charge is -2.06. The first-order valence-electron chi connectivity index (χ1n) is 7.75. The van der Waals surface area contributed by atoms with E-state index in [0.717, 1.165) is 11.3 Å². The summed E-state index contributed by atoms with van der Waals surface area (Å²) in [7, 11) is -3.82. The molecule has 0 radical (unpaired) electrons. The number of nitrogens with one attached hydrogen (secondary N) is 1. The van der Waals surface area contributed by atoms with Crippen molar-refractivity contribution in [3.63, 3.8) is 0 Å². The number of carboxylic acid groups (broad SMARTS) is 1. The Kier molecular flexibility index (Phi) is 5.73. The predicted molar refractivity (Wildman–Crippen MR) is 102 cm³/mol. The smallest absolute Gasteiger partial charge is 0.404 e. The number of amides is 1. The monoisotopic (exact) mass is 423 g/mol. The maximum absolute atomic E-state index is 13.1. The van der Waals surface area contributed by atoms with E-state index in [9.17, 15) is 13.2 Å². The third-order valence-electron chi connectivity index (χ3n) is 3.63. The minimum absolute atomic E-state index is 0.0725. The lowest BCUT2D eigenvalue weighted by Crippen LogP contribution is -2.22. The van der Waals surface area contributed by atoms with Crippen molar-refractivity contribution in [3.8, 4) is 11.1 Å². The normalized spacial score (nSPS) is 11.3. The van der Waals surface area contributed by atoms with Gasteiger partial charge in [0.1, 0.15) is 9.36 Å². The molecule has 3 aromatic rings. The summed E-state index contributed by atoms with van der Waals surface area (Å²) in [6.45, 7) is 0.169. The van der Waals surface area contributed by atoms with Crippen molar-refractivity contribution in [1.82, 2.24) is 15.3 Å². The summed E-state index contributed by atoms with van der Waals surface area (Å²) in [5.41, 5.74) is 0.933. The second-order valence-electron chi connectivity index (χ2n) is 5.43. The number of hydrogen-bond acceptors (Lipinski definition) is 6. The van der Waals surface area contributed by atoms with Crippen LogP contribution in [0.25, 0.3) is 11.1 Å². The van der Waals surface area contributed by atoms with E-state index in [0.29, 0.717) is 22.4 Å². The van der Waals surface area contributed by atoms with E-state index in [1.54, 1.807) is 24.3 Å². The zero-order valence-corrected chi connectivity index (χ0v) is 16.2. The molecule has 0 fully saturated rings. The summed E-state index contributed by atoms with van der Waals surface area (Å²) in [5.74, 6) is 0. The molecule has 140 valence electrons. The molecule has 2 N–H and O–H groups in total. The second kappa shape index (κ2) is 8.03. The van der Waals surface area contributed by atoms with Crippen LogP contribution in [0.2, 0.25) is 5.15 Å². The van der Waals surface area contributed by atoms with Crippen LogP contribution in [0.4, 0.5) is 4.79 Å². The van der Waals surface area contributed by atoms with Crippen LogP contribution in [0.5, 0.6) is 0 Å². The van der Waals surface area contributed by atoms with Crippen molar-refractivity contribution in [2.45, 2.75) is 15.5 Å². The van der Waals surface area contributed by atoms with E-state index < -0.39 is 15.9 Å². The Bertz CT molecular complexity index is 1070. The van der Waals surface area contributed by atoms with Gasteiger partial charge in [0.2, 0.25) is 9.84 Å². The number of thiophene rings is 1. The van der Waals surface area contributed by atoms with Crippen molar-refractivity contribution in [2.75, 3.05) is 6.54 Å². The molecule has 0 atom stereocenters. The number of sulfone groups is 1. The molecule has 3 heterocycles. The number of aromatic nitrogens is 2. The Morgan fingerprint density at radius 2 is 2.00 bits per heavy atom. The van der Waals surface area contributed by atoms with Crippen LogP contribution in [0, 0.1) is 0 Å². The highest BCUT2D eigenvalue weighted by molar-refractivity contribution is 7.93. The van der Waals surface area contributed by atoms with E-state index in [2.05, 4.69) is 15.3 Å². The molecule has 3 rings (SSSR count). The van der Waals surface area contributed by atoms with Gasteiger partial charge in [0, 0.05) is 41.1 Å². The van der Waals surface area contributed by atoms with Crippen LogP contribution in [-0.4, -0.2) is 36.1 Å². The number of carbonyl (C=O) groups is 1. The van der Waals surface area contributed by atoms with E-state index in [-0.39, 0.29) is 20.8 Å². The van der Waals surface area contributed by atoms with Gasteiger partial charge < -0.3 is 10.4 Å². The van der Waals surface area contributed by atoms with Crippen LogP contribution in [0.1, 0.15) is 4.88 Å². The number of hydrogen-bond donors (Lipinski definition) is 2. The van der Waals surface area contributed by atoms with Crippen molar-refractivity contribution >= 4 is 38.9 Å². The van der Waals surface area contributed by atoms with Crippen LogP contribution in [0.15, 0.2) is 58.0 Å². The summed E-state index contributed by atoms with van der Waals surface area (Å²) in [4.78, 5) is 19.3. The van der Waals surface area contributed by atoms with Gasteiger partial charge in [0.05, 0.1) is 4.90 Å². The van der Waals surface area contributed by atoms with Crippen molar-refractivity contribution in [2.24, 2.45) is 0 Å². The summed E-state index contributed by atoms with van der Waals surface area (Å²) in [5, 5.41) is 11.2. The third-order valence-corrected chi connectivity index (χ3v) is 7.40. The molecule has 0 unspecified atom stereocenters. The molecular formula is C17H14ClN3O4S2. The number of pyridine rings is 2. The highest BCUT2D eigenvalue weighted by atomic mass is 35.5. The highest BCUT2D eigenvalue weighted by Crippen LogP contribution is 2.40. The molecule has 27 heavy (non-hydrogen) atoms. The Labute approximate surface area is 164 Å². The Morgan fingerprint density at radius 3 is 2.67 bits per heavy atom. The summed E-state index contributed by atoms with van der Waals surface area (Å²) < 4.78 is 26.4. The van der Waals surface area contributed by atoms with Crippen LogP contribution < -0.4 is 5.32 Å². The topological polar surface area (TPSA) is 109 Å². The Balaban J connectivity index is 2.10. The molecular weight excluding hydrogens is 410 g/mol. The van der Waals surface area contributed by atoms with Gasteiger partial charge in [0.25, 0.3) is 0 Å². The molecule has 3 aromatic heterocycles. The van der Waals surface area contributed by atoms with Gasteiger partial charge >= 0.3 is 6.09 Å². The first-order valence-corrected chi connectivity index (χ1v) is 10.4. The Morgan fingerprint density at radius 1 is 1.22 bits per heavy atom. The third kappa shape index (κ3) is 4.26. The molecule has 0 saturated heterocycles. The molecule has 0 aliphatic heterocycles. The largest absolute Gasteiger partial charge is 0.465 e. The summed E-state index contributed by atoms with van der Waals surface area (Å²) in [6, 6.07) is 8.10. The van der Waals surface area contributed by atoms with Crippen LogP contribution in [-0.2, 0) is 16.3 Å². The first kappa shape index (κ1) is 19.3. The number of rotatable bonds is 6. The second-order valence-corrected chi connectivity index (χ2v) is 9.07. The van der Waals surface area contributed by atoms with Gasteiger partial charge in [-0.15, -0.1) is 11.3 Å². The average Bonchev–Trinajstić information content (AvgIpc) is 3.07. The van der Waals surface area contributed by atoms with Gasteiger partial charge in [-0.25, -0.2) is 18.2 Å². The maximum atomic E-state index is 13.1. The summed E-state index contributed by atoms with van der Waals surface area (Å²) in [6.07, 6.45) is 3.52. The van der Waals surface area contributed by atoms with Crippen molar-refractivity contribution in [3.05, 3.63) is 59.0 Å². The number of nitrogens with zero attached hydrogens (tertiary/aromatic N) is 2. The molecule has 0 aromatic carbocycles. The number of halogens is 1. The van der Waals surface area contributed by atoms with Gasteiger partial charge in [-0.1, -0.05) is 11.6 Å². The van der Waals surface area contributed by atoms with E-state index in [1.807, 2.05) is 0 Å². The quantitative estimate of drug-likeness (QED) is 0.587. The standard InChI is InChI=1S/C17H14ClN3O4S2/c18-15-13(4-2-7-20-15)14-9-11(5-8-21-17(22)23)26-16(14)27(24,25)12-3-1-6-19-10-12/h1-4,6-7,9-10,21H,5,8H2,(H,22,23). The molecule has 0 bridgehead atoms. The SMILES string of the molecule is O=C(O)NCCc1cc(-c2cccnc2Cl)c(S(=O)(=O)c2cccnc2)s1. The lowest BCUT2D eigenvalue weighted by atomic mass is 10.1. The van der Waals surface area contributed by atoms with E-state index in [1.165, 1.54) is 24.7 Å². The minimum atomic E-state index is -3.82. The zero-order chi connectivity index (χ0) is 19.4. The zero-order valence-electron chi connectivity index (χ0n) is 13.8. The fourth-order valence-electron chi connectivity index (χ4n) is 2.43. The van der Waals surface area contributed by atoms with Crippen LogP contribution >= 0.6 is 22.9 Å². The molecule has 10 heteroatoms. The summed E-state index contributed by atoms with van der Waals surface area (Å²) >= 11 is 7.26. The fraction of sp³-hybridized carbons (Fsp3) is 0.118. The molecule has 0 saturated carbocycles. The minimum Gasteiger partial charge on any atom is -0.465 e. The average molecular weight is 424 g/mol. The fourth-order valence-corrected chi connectivity index (χ4v) is 5.72.